The van der Waals surface area contributed by atoms with Crippen molar-refractivity contribution in [3.8, 4) is 0 Å². The smallest absolute Gasteiger partial charge is 0.253 e. The number of nitrogens with zero attached hydrogens (tertiary/aromatic N) is 5. The molecule has 0 spiro atoms. The van der Waals surface area contributed by atoms with Crippen LogP contribution in [0.2, 0.25) is 0 Å². The fraction of sp³-hybridized carbons (Fsp3) is 0.143. The van der Waals surface area contributed by atoms with Crippen LogP contribution in [-0.2, 0) is 0 Å². The largest absolute Gasteiger partial charge is 0.337 e. The number of amidine groups is 2. The molecule has 184 valence electrons. The third-order valence-electron chi connectivity index (χ3n) is 6.53. The zero-order chi connectivity index (χ0) is 25.4. The van der Waals surface area contributed by atoms with Crippen LogP contribution in [0.5, 0.6) is 0 Å². The second kappa shape index (κ2) is 9.27. The summed E-state index contributed by atoms with van der Waals surface area (Å²) in [7, 11) is 0. The predicted octanol–water partition coefficient (Wildman–Crippen LogP) is 3.63. The third-order valence-corrected chi connectivity index (χ3v) is 6.53. The molecule has 3 aromatic carbocycles. The van der Waals surface area contributed by atoms with Crippen LogP contribution in [0.15, 0.2) is 101 Å². The Morgan fingerprint density at radius 3 is 2.03 bits per heavy atom. The van der Waals surface area contributed by atoms with Gasteiger partial charge in [0.2, 0.25) is 0 Å². The minimum atomic E-state index is -0.0471. The maximum Gasteiger partial charge on any atom is 0.253 e. The lowest BCUT2D eigenvalue weighted by Gasteiger charge is -2.35. The van der Waals surface area contributed by atoms with Crippen molar-refractivity contribution in [1.29, 1.82) is 0 Å². The summed E-state index contributed by atoms with van der Waals surface area (Å²) in [5.74, 6) is 1.71. The summed E-state index contributed by atoms with van der Waals surface area (Å²) in [6, 6.07) is 24.3. The van der Waals surface area contributed by atoms with Crippen LogP contribution in [0.1, 0.15) is 20.7 Å². The van der Waals surface area contributed by atoms with Gasteiger partial charge in [-0.3, -0.25) is 15.0 Å². The molecule has 6 rings (SSSR count). The van der Waals surface area contributed by atoms with E-state index in [1.54, 1.807) is 21.9 Å². The molecular weight excluding hydrogens is 466 g/mol. The maximum atomic E-state index is 13.1. The summed E-state index contributed by atoms with van der Waals surface area (Å²) in [6.45, 7) is 5.94. The van der Waals surface area contributed by atoms with Gasteiger partial charge in [-0.05, 0) is 48.5 Å². The first-order valence-corrected chi connectivity index (χ1v) is 12.1. The van der Waals surface area contributed by atoms with Gasteiger partial charge in [-0.1, -0.05) is 36.9 Å². The minimum Gasteiger partial charge on any atom is -0.337 e. The molecule has 0 saturated carbocycles. The number of hydrazine groups is 1. The van der Waals surface area contributed by atoms with Crippen LogP contribution in [-0.4, -0.2) is 59.5 Å². The molecule has 0 atom stereocenters. The number of anilines is 2. The summed E-state index contributed by atoms with van der Waals surface area (Å²) < 4.78 is 0. The second-order valence-corrected chi connectivity index (χ2v) is 8.93. The van der Waals surface area contributed by atoms with Crippen molar-refractivity contribution in [3.63, 3.8) is 0 Å². The lowest BCUT2D eigenvalue weighted by atomic mass is 10.1. The van der Waals surface area contributed by atoms with Gasteiger partial charge in [-0.25, -0.2) is 15.0 Å². The number of fused-ring (bicyclic) bond motifs is 3. The van der Waals surface area contributed by atoms with E-state index in [9.17, 15) is 9.59 Å². The standard InChI is InChI=1S/C28H25N7O2/c1-19-29-26-25(31-23-9-5-6-10-24(23)35(26)32-19)30-22-13-11-21(12-14-22)28(37)34-17-15-33(16-18-34)27(36)20-7-3-2-4-8-20/h2-14,32H,1,15-18H2,(H,30,31). The van der Waals surface area contributed by atoms with Gasteiger partial charge >= 0.3 is 0 Å². The van der Waals surface area contributed by atoms with Crippen LogP contribution in [0.3, 0.4) is 0 Å². The Morgan fingerprint density at radius 1 is 0.757 bits per heavy atom. The molecule has 0 aliphatic carbocycles. The summed E-state index contributed by atoms with van der Waals surface area (Å²) >= 11 is 0. The third kappa shape index (κ3) is 4.31. The van der Waals surface area contributed by atoms with Gasteiger partial charge in [-0.2, -0.15) is 0 Å². The van der Waals surface area contributed by atoms with Crippen LogP contribution >= 0.6 is 0 Å². The quantitative estimate of drug-likeness (QED) is 0.584. The molecule has 3 heterocycles. The molecule has 37 heavy (non-hydrogen) atoms. The van der Waals surface area contributed by atoms with E-state index in [0.29, 0.717) is 54.8 Å². The molecule has 0 radical (unpaired) electrons. The minimum absolute atomic E-state index is 0.000541. The zero-order valence-corrected chi connectivity index (χ0v) is 20.1. The first kappa shape index (κ1) is 22.5. The van der Waals surface area contributed by atoms with E-state index in [-0.39, 0.29) is 11.8 Å². The van der Waals surface area contributed by atoms with Crippen molar-refractivity contribution < 1.29 is 9.59 Å². The van der Waals surface area contributed by atoms with Gasteiger partial charge in [0.1, 0.15) is 5.82 Å². The van der Waals surface area contributed by atoms with Crippen LogP contribution in [0, 0.1) is 0 Å². The van der Waals surface area contributed by atoms with Gasteiger partial charge in [0.15, 0.2) is 11.7 Å². The van der Waals surface area contributed by atoms with Gasteiger partial charge in [0.25, 0.3) is 11.8 Å². The molecule has 0 unspecified atom stereocenters. The van der Waals surface area contributed by atoms with E-state index in [1.807, 2.05) is 71.7 Å². The van der Waals surface area contributed by atoms with Crippen molar-refractivity contribution in [2.75, 3.05) is 36.5 Å². The highest BCUT2D eigenvalue weighted by Gasteiger charge is 2.31. The topological polar surface area (TPSA) is 92.6 Å². The Morgan fingerprint density at radius 2 is 1.35 bits per heavy atom. The normalized spacial score (nSPS) is 16.3. The maximum absolute atomic E-state index is 13.1. The van der Waals surface area contributed by atoms with Crippen LogP contribution < -0.4 is 15.8 Å². The molecular formula is C28H25N7O2. The molecule has 9 nitrogen and oxygen atoms in total. The number of hydrogen-bond acceptors (Lipinski definition) is 7. The lowest BCUT2D eigenvalue weighted by molar-refractivity contribution is 0.0535. The number of benzene rings is 3. The number of hydrogen-bond donors (Lipinski definition) is 2. The van der Waals surface area contributed by atoms with Crippen molar-refractivity contribution >= 4 is 40.5 Å². The SMILES string of the molecule is C=C1N=C2C(Nc3ccc(C(=O)N4CCN(C(=O)c5ccccc5)CC4)cc3)=Nc3ccccc3N2N1. The highest BCUT2D eigenvalue weighted by atomic mass is 16.2. The van der Waals surface area contributed by atoms with Crippen molar-refractivity contribution in [1.82, 2.24) is 15.2 Å². The number of para-hydroxylation sites is 2. The Hall–Kier alpha value is -4.92. The zero-order valence-electron chi connectivity index (χ0n) is 20.1. The molecule has 0 aromatic heterocycles. The molecule has 3 aliphatic heterocycles. The number of carbonyl (C=O) groups excluding carboxylic acids is 2. The average Bonchev–Trinajstić information content (AvgIpc) is 3.35. The fourth-order valence-electron chi connectivity index (χ4n) is 4.61. The number of amides is 2. The molecule has 1 fully saturated rings. The van der Waals surface area contributed by atoms with Crippen molar-refractivity contribution in [2.45, 2.75) is 0 Å². The van der Waals surface area contributed by atoms with Gasteiger partial charge in [-0.15, -0.1) is 0 Å². The number of rotatable bonds is 3. The van der Waals surface area contributed by atoms with E-state index >= 15 is 0 Å². The van der Waals surface area contributed by atoms with E-state index in [2.05, 4.69) is 22.3 Å². The molecule has 3 aliphatic rings. The Balaban J connectivity index is 1.12. The Bertz CT molecular complexity index is 1440. The summed E-state index contributed by atoms with van der Waals surface area (Å²) in [4.78, 5) is 38.6. The Kier molecular flexibility index (Phi) is 5.65. The van der Waals surface area contributed by atoms with Gasteiger partial charge in [0, 0.05) is 43.0 Å². The lowest BCUT2D eigenvalue weighted by Crippen LogP contribution is -2.50. The average molecular weight is 492 g/mol. The summed E-state index contributed by atoms with van der Waals surface area (Å²) in [5, 5.41) is 5.17. The first-order valence-electron chi connectivity index (χ1n) is 12.1. The fourth-order valence-corrected chi connectivity index (χ4v) is 4.61. The molecule has 2 N–H and O–H groups in total. The van der Waals surface area contributed by atoms with E-state index in [4.69, 9.17) is 4.99 Å². The monoisotopic (exact) mass is 491 g/mol. The summed E-state index contributed by atoms with van der Waals surface area (Å²) in [5.41, 5.74) is 6.91. The molecule has 3 aromatic rings. The number of aliphatic imine (C=N–C) groups is 2. The van der Waals surface area contributed by atoms with Crippen LogP contribution in [0.4, 0.5) is 17.1 Å². The summed E-state index contributed by atoms with van der Waals surface area (Å²) in [6.07, 6.45) is 0. The van der Waals surface area contributed by atoms with Gasteiger partial charge < -0.3 is 15.1 Å². The predicted molar refractivity (Wildman–Crippen MR) is 144 cm³/mol. The molecule has 2 amide bonds. The second-order valence-electron chi connectivity index (χ2n) is 8.93. The number of piperazine rings is 1. The van der Waals surface area contributed by atoms with Crippen LogP contribution in [0.25, 0.3) is 0 Å². The van der Waals surface area contributed by atoms with Crippen molar-refractivity contribution in [2.24, 2.45) is 9.98 Å². The number of carbonyl (C=O) groups is 2. The Labute approximate surface area is 214 Å². The van der Waals surface area contributed by atoms with Crippen molar-refractivity contribution in [3.05, 3.63) is 102 Å². The molecule has 0 bridgehead atoms. The van der Waals surface area contributed by atoms with E-state index < -0.39 is 0 Å². The highest BCUT2D eigenvalue weighted by Crippen LogP contribution is 2.34. The first-order chi connectivity index (χ1) is 18.1. The van der Waals surface area contributed by atoms with E-state index in [1.165, 1.54) is 0 Å². The van der Waals surface area contributed by atoms with Gasteiger partial charge in [0.05, 0.1) is 11.4 Å². The highest BCUT2D eigenvalue weighted by molar-refractivity contribution is 6.51. The number of nitrogens with one attached hydrogen (secondary N) is 2. The van der Waals surface area contributed by atoms with E-state index in [0.717, 1.165) is 17.1 Å². The molecule has 9 heteroatoms. The molecule has 1 saturated heterocycles.